The highest BCUT2D eigenvalue weighted by Crippen LogP contribution is 2.26. The summed E-state index contributed by atoms with van der Waals surface area (Å²) in [5, 5.41) is 2.61. The fraction of sp³-hybridized carbons (Fsp3) is 0.0417. The maximum Gasteiger partial charge on any atom is 0.261 e. The standard InChI is InChI=1S/C24H16FN3O/c25-22-12-18(17-6-5-16-9-10-26-13-20(16)11-17)7-8-19(22)14-28-15-27-23-4-2-1-3-21(23)24(28)29/h1-13,15H,14H2. The number of aromatic nitrogens is 3. The number of nitrogens with zero attached hydrogens (tertiary/aromatic N) is 3. The topological polar surface area (TPSA) is 47.8 Å². The van der Waals surface area contributed by atoms with Gasteiger partial charge >= 0.3 is 0 Å². The van der Waals surface area contributed by atoms with Gasteiger partial charge in [0.15, 0.2) is 0 Å². The molecule has 5 rings (SSSR count). The normalized spacial score (nSPS) is 11.2. The van der Waals surface area contributed by atoms with Gasteiger partial charge in [0.25, 0.3) is 5.56 Å². The first-order valence-corrected chi connectivity index (χ1v) is 9.26. The van der Waals surface area contributed by atoms with Crippen LogP contribution in [0.1, 0.15) is 5.56 Å². The van der Waals surface area contributed by atoms with Crippen LogP contribution in [0.3, 0.4) is 0 Å². The number of fused-ring (bicyclic) bond motifs is 2. The summed E-state index contributed by atoms with van der Waals surface area (Å²) in [6, 6.07) is 20.1. The van der Waals surface area contributed by atoms with E-state index in [0.29, 0.717) is 16.5 Å². The molecular formula is C24H16FN3O. The summed E-state index contributed by atoms with van der Waals surface area (Å²) in [4.78, 5) is 21.1. The lowest BCUT2D eigenvalue weighted by atomic mass is 10.0. The summed E-state index contributed by atoms with van der Waals surface area (Å²) in [5.74, 6) is -0.353. The molecule has 0 bridgehead atoms. The third-order valence-corrected chi connectivity index (χ3v) is 5.10. The highest BCUT2D eigenvalue weighted by atomic mass is 19.1. The molecule has 2 heterocycles. The number of hydrogen-bond donors (Lipinski definition) is 0. The van der Waals surface area contributed by atoms with Crippen LogP contribution in [-0.4, -0.2) is 14.5 Å². The van der Waals surface area contributed by atoms with E-state index in [2.05, 4.69) is 9.97 Å². The van der Waals surface area contributed by atoms with Crippen LogP contribution in [0.4, 0.5) is 4.39 Å². The van der Waals surface area contributed by atoms with Gasteiger partial charge in [-0.2, -0.15) is 0 Å². The van der Waals surface area contributed by atoms with Gasteiger partial charge in [-0.05, 0) is 46.8 Å². The first-order valence-electron chi connectivity index (χ1n) is 9.26. The summed E-state index contributed by atoms with van der Waals surface area (Å²) in [6.07, 6.45) is 5.01. The van der Waals surface area contributed by atoms with Crippen molar-refractivity contribution in [1.29, 1.82) is 0 Å². The minimum absolute atomic E-state index is 0.129. The molecule has 0 saturated carbocycles. The molecule has 0 aliphatic carbocycles. The quantitative estimate of drug-likeness (QED) is 0.451. The van der Waals surface area contributed by atoms with E-state index >= 15 is 0 Å². The van der Waals surface area contributed by atoms with Crippen LogP contribution < -0.4 is 5.56 Å². The Balaban J connectivity index is 1.50. The van der Waals surface area contributed by atoms with Gasteiger partial charge in [0, 0.05) is 23.3 Å². The van der Waals surface area contributed by atoms with E-state index < -0.39 is 0 Å². The van der Waals surface area contributed by atoms with Gasteiger partial charge in [0.1, 0.15) is 5.82 Å². The van der Waals surface area contributed by atoms with Gasteiger partial charge in [-0.3, -0.25) is 14.3 Å². The zero-order valence-electron chi connectivity index (χ0n) is 15.4. The molecule has 29 heavy (non-hydrogen) atoms. The number of benzene rings is 3. The van der Waals surface area contributed by atoms with Crippen molar-refractivity contribution in [3.63, 3.8) is 0 Å². The van der Waals surface area contributed by atoms with Crippen molar-refractivity contribution in [1.82, 2.24) is 14.5 Å². The molecule has 0 radical (unpaired) electrons. The minimum Gasteiger partial charge on any atom is -0.294 e. The predicted molar refractivity (Wildman–Crippen MR) is 112 cm³/mol. The highest BCUT2D eigenvalue weighted by Gasteiger charge is 2.09. The first kappa shape index (κ1) is 17.3. The van der Waals surface area contributed by atoms with Crippen LogP contribution in [-0.2, 0) is 6.54 Å². The summed E-state index contributed by atoms with van der Waals surface area (Å²) in [5.41, 5.74) is 2.59. The lowest BCUT2D eigenvalue weighted by molar-refractivity contribution is 0.596. The zero-order valence-corrected chi connectivity index (χ0v) is 15.4. The molecule has 0 N–H and O–H groups in total. The summed E-state index contributed by atoms with van der Waals surface area (Å²) in [6.45, 7) is 0.129. The first-order chi connectivity index (χ1) is 14.2. The fourth-order valence-electron chi connectivity index (χ4n) is 3.52. The molecule has 5 heteroatoms. The van der Waals surface area contributed by atoms with Crippen LogP contribution in [0, 0.1) is 5.82 Å². The van der Waals surface area contributed by atoms with Crippen LogP contribution in [0.2, 0.25) is 0 Å². The molecule has 0 fully saturated rings. The molecule has 0 amide bonds. The van der Waals surface area contributed by atoms with Crippen molar-refractivity contribution >= 4 is 21.7 Å². The predicted octanol–water partition coefficient (Wildman–Crippen LogP) is 4.80. The number of hydrogen-bond acceptors (Lipinski definition) is 3. The van der Waals surface area contributed by atoms with E-state index in [1.165, 1.54) is 17.0 Å². The lowest BCUT2D eigenvalue weighted by Gasteiger charge is -2.10. The Bertz CT molecular complexity index is 1430. The van der Waals surface area contributed by atoms with E-state index in [1.54, 1.807) is 36.7 Å². The number of para-hydroxylation sites is 1. The summed E-state index contributed by atoms with van der Waals surface area (Å²) >= 11 is 0. The number of rotatable bonds is 3. The molecule has 3 aromatic carbocycles. The van der Waals surface area contributed by atoms with Gasteiger partial charge in [0.05, 0.1) is 23.8 Å². The second-order valence-corrected chi connectivity index (χ2v) is 6.94. The molecule has 0 saturated heterocycles. The van der Waals surface area contributed by atoms with Gasteiger partial charge in [-0.15, -0.1) is 0 Å². The Morgan fingerprint density at radius 1 is 0.897 bits per heavy atom. The number of pyridine rings is 1. The maximum atomic E-state index is 14.8. The Morgan fingerprint density at radius 3 is 2.62 bits per heavy atom. The van der Waals surface area contributed by atoms with Crippen molar-refractivity contribution in [3.8, 4) is 11.1 Å². The maximum absolute atomic E-state index is 14.8. The Hall–Kier alpha value is -3.86. The Morgan fingerprint density at radius 2 is 1.72 bits per heavy atom. The molecule has 5 aromatic rings. The average molecular weight is 381 g/mol. The van der Waals surface area contributed by atoms with Crippen molar-refractivity contribution in [3.05, 3.63) is 107 Å². The third kappa shape index (κ3) is 3.17. The van der Waals surface area contributed by atoms with Crippen molar-refractivity contribution in [2.45, 2.75) is 6.54 Å². The average Bonchev–Trinajstić information content (AvgIpc) is 2.76. The second-order valence-electron chi connectivity index (χ2n) is 6.94. The van der Waals surface area contributed by atoms with Crippen LogP contribution in [0.25, 0.3) is 32.8 Å². The fourth-order valence-corrected chi connectivity index (χ4v) is 3.52. The Kier molecular flexibility index (Phi) is 4.13. The monoisotopic (exact) mass is 381 g/mol. The highest BCUT2D eigenvalue weighted by molar-refractivity contribution is 5.86. The minimum atomic E-state index is -0.353. The smallest absolute Gasteiger partial charge is 0.261 e. The van der Waals surface area contributed by atoms with Gasteiger partial charge in [-0.25, -0.2) is 9.37 Å². The van der Waals surface area contributed by atoms with Crippen LogP contribution in [0.15, 0.2) is 90.2 Å². The van der Waals surface area contributed by atoms with Crippen molar-refractivity contribution in [2.24, 2.45) is 0 Å². The largest absolute Gasteiger partial charge is 0.294 e. The van der Waals surface area contributed by atoms with Gasteiger partial charge in [0.2, 0.25) is 0 Å². The molecule has 0 unspecified atom stereocenters. The summed E-state index contributed by atoms with van der Waals surface area (Å²) < 4.78 is 16.3. The molecular weight excluding hydrogens is 365 g/mol. The van der Waals surface area contributed by atoms with E-state index in [-0.39, 0.29) is 17.9 Å². The third-order valence-electron chi connectivity index (χ3n) is 5.10. The molecule has 0 spiro atoms. The summed E-state index contributed by atoms with van der Waals surface area (Å²) in [7, 11) is 0. The van der Waals surface area contributed by atoms with Crippen molar-refractivity contribution in [2.75, 3.05) is 0 Å². The van der Waals surface area contributed by atoms with Gasteiger partial charge < -0.3 is 0 Å². The van der Waals surface area contributed by atoms with E-state index in [9.17, 15) is 9.18 Å². The molecule has 4 nitrogen and oxygen atoms in total. The SMILES string of the molecule is O=c1c2ccccc2ncn1Cc1ccc(-c2ccc3ccncc3c2)cc1F. The second kappa shape index (κ2) is 6.95. The van der Waals surface area contributed by atoms with E-state index in [4.69, 9.17) is 0 Å². The molecule has 0 atom stereocenters. The van der Waals surface area contributed by atoms with Crippen LogP contribution >= 0.6 is 0 Å². The number of halogens is 1. The Labute approximate surface area is 165 Å². The zero-order chi connectivity index (χ0) is 19.8. The van der Waals surface area contributed by atoms with Gasteiger partial charge in [-0.1, -0.05) is 36.4 Å². The van der Waals surface area contributed by atoms with E-state index in [0.717, 1.165) is 21.9 Å². The molecule has 2 aromatic heterocycles. The molecule has 0 aliphatic rings. The molecule has 140 valence electrons. The van der Waals surface area contributed by atoms with E-state index in [1.807, 2.05) is 36.4 Å². The van der Waals surface area contributed by atoms with Crippen molar-refractivity contribution < 1.29 is 4.39 Å². The molecule has 0 aliphatic heterocycles. The lowest BCUT2D eigenvalue weighted by Crippen LogP contribution is -2.21. The van der Waals surface area contributed by atoms with Crippen LogP contribution in [0.5, 0.6) is 0 Å².